The van der Waals surface area contributed by atoms with Crippen LogP contribution in [0.4, 0.5) is 5.82 Å². The van der Waals surface area contributed by atoms with E-state index in [1.807, 2.05) is 19.1 Å². The maximum atomic E-state index is 4.43. The molecule has 0 amide bonds. The zero-order valence-electron chi connectivity index (χ0n) is 9.35. The fraction of sp³-hybridized carbons (Fsp3) is 0.545. The Balaban J connectivity index is 1.72. The van der Waals surface area contributed by atoms with Gasteiger partial charge in [-0.1, -0.05) is 12.8 Å². The van der Waals surface area contributed by atoms with Gasteiger partial charge in [-0.25, -0.2) is 0 Å². The second kappa shape index (κ2) is 3.73. The van der Waals surface area contributed by atoms with Gasteiger partial charge in [0.15, 0.2) is 11.5 Å². The average Bonchev–Trinajstić information content (AvgIpc) is 3.04. The first-order valence-corrected chi connectivity index (χ1v) is 5.76. The molecule has 0 bridgehead atoms. The van der Waals surface area contributed by atoms with Gasteiger partial charge < -0.3 is 5.32 Å². The standard InChI is InChI=1S/C11H15N5/c1-8-13-14-11-5-4-10(15-16(8)11)12-7-6-9-2-3-9/h4-5,9H,2-3,6-7H2,1H3,(H,12,15). The molecule has 2 aromatic rings. The third-order valence-corrected chi connectivity index (χ3v) is 2.97. The van der Waals surface area contributed by atoms with Gasteiger partial charge in [0.25, 0.3) is 0 Å². The van der Waals surface area contributed by atoms with E-state index in [9.17, 15) is 0 Å². The van der Waals surface area contributed by atoms with Gasteiger partial charge in [0.2, 0.25) is 0 Å². The summed E-state index contributed by atoms with van der Waals surface area (Å²) in [6.45, 7) is 2.91. The highest BCUT2D eigenvalue weighted by molar-refractivity contribution is 5.43. The quantitative estimate of drug-likeness (QED) is 0.846. The summed E-state index contributed by atoms with van der Waals surface area (Å²) in [7, 11) is 0. The van der Waals surface area contributed by atoms with E-state index in [1.165, 1.54) is 19.3 Å². The average molecular weight is 217 g/mol. The lowest BCUT2D eigenvalue weighted by molar-refractivity contribution is 0.754. The van der Waals surface area contributed by atoms with E-state index in [1.54, 1.807) is 4.52 Å². The molecule has 0 aliphatic heterocycles. The maximum Gasteiger partial charge on any atom is 0.178 e. The van der Waals surface area contributed by atoms with E-state index in [0.29, 0.717) is 0 Å². The molecule has 1 aliphatic rings. The van der Waals surface area contributed by atoms with Crippen LogP contribution < -0.4 is 5.32 Å². The lowest BCUT2D eigenvalue weighted by Crippen LogP contribution is -2.06. The molecule has 5 nitrogen and oxygen atoms in total. The molecule has 1 aliphatic carbocycles. The number of rotatable bonds is 4. The third kappa shape index (κ3) is 1.85. The SMILES string of the molecule is Cc1nnc2ccc(NCCC3CC3)nn12. The number of hydrogen-bond donors (Lipinski definition) is 1. The van der Waals surface area contributed by atoms with Crippen molar-refractivity contribution in [3.8, 4) is 0 Å². The predicted octanol–water partition coefficient (Wildman–Crippen LogP) is 1.64. The number of aryl methyl sites for hydroxylation is 1. The minimum atomic E-state index is 0.797. The summed E-state index contributed by atoms with van der Waals surface area (Å²) in [6.07, 6.45) is 4.05. The minimum absolute atomic E-state index is 0.797. The van der Waals surface area contributed by atoms with Crippen LogP contribution in [0, 0.1) is 12.8 Å². The number of aromatic nitrogens is 4. The van der Waals surface area contributed by atoms with Crippen LogP contribution >= 0.6 is 0 Å². The monoisotopic (exact) mass is 217 g/mol. The van der Waals surface area contributed by atoms with Crippen LogP contribution in [0.5, 0.6) is 0 Å². The largest absolute Gasteiger partial charge is 0.369 e. The predicted molar refractivity (Wildman–Crippen MR) is 61.3 cm³/mol. The summed E-state index contributed by atoms with van der Waals surface area (Å²) in [5, 5.41) is 15.7. The molecule has 2 aromatic heterocycles. The molecule has 0 radical (unpaired) electrons. The van der Waals surface area contributed by atoms with Gasteiger partial charge >= 0.3 is 0 Å². The van der Waals surface area contributed by atoms with Crippen molar-refractivity contribution in [2.75, 3.05) is 11.9 Å². The summed E-state index contributed by atoms with van der Waals surface area (Å²) in [6, 6.07) is 3.89. The van der Waals surface area contributed by atoms with E-state index in [0.717, 1.165) is 29.8 Å². The first-order valence-electron chi connectivity index (χ1n) is 5.76. The lowest BCUT2D eigenvalue weighted by atomic mass is 10.3. The van der Waals surface area contributed by atoms with Crippen LogP contribution in [0.2, 0.25) is 0 Å². The van der Waals surface area contributed by atoms with Gasteiger partial charge in [-0.05, 0) is 31.4 Å². The van der Waals surface area contributed by atoms with Crippen LogP contribution in [-0.2, 0) is 0 Å². The van der Waals surface area contributed by atoms with Crippen LogP contribution in [0.25, 0.3) is 5.65 Å². The molecule has 0 atom stereocenters. The molecular formula is C11H15N5. The van der Waals surface area contributed by atoms with Crippen molar-refractivity contribution in [3.63, 3.8) is 0 Å². The fourth-order valence-electron chi connectivity index (χ4n) is 1.80. The molecule has 84 valence electrons. The fourth-order valence-corrected chi connectivity index (χ4v) is 1.80. The Morgan fingerprint density at radius 1 is 1.38 bits per heavy atom. The van der Waals surface area contributed by atoms with Gasteiger partial charge in [0.1, 0.15) is 5.82 Å². The van der Waals surface area contributed by atoms with Crippen molar-refractivity contribution < 1.29 is 0 Å². The Labute approximate surface area is 93.9 Å². The van der Waals surface area contributed by atoms with E-state index in [2.05, 4.69) is 20.6 Å². The highest BCUT2D eigenvalue weighted by atomic mass is 15.4. The zero-order chi connectivity index (χ0) is 11.0. The number of anilines is 1. The van der Waals surface area contributed by atoms with Crippen molar-refractivity contribution >= 4 is 11.5 Å². The smallest absolute Gasteiger partial charge is 0.178 e. The Bertz CT molecular complexity index is 500. The first kappa shape index (κ1) is 9.57. The second-order valence-corrected chi connectivity index (χ2v) is 4.39. The molecule has 1 N–H and O–H groups in total. The van der Waals surface area contributed by atoms with Crippen molar-refractivity contribution in [2.45, 2.75) is 26.2 Å². The Morgan fingerprint density at radius 3 is 3.06 bits per heavy atom. The molecule has 16 heavy (non-hydrogen) atoms. The molecule has 1 saturated carbocycles. The number of nitrogens with one attached hydrogen (secondary N) is 1. The van der Waals surface area contributed by atoms with Gasteiger partial charge in [0, 0.05) is 6.54 Å². The van der Waals surface area contributed by atoms with Crippen LogP contribution in [0.1, 0.15) is 25.1 Å². The summed E-state index contributed by atoms with van der Waals surface area (Å²) in [4.78, 5) is 0. The van der Waals surface area contributed by atoms with Crippen molar-refractivity contribution in [3.05, 3.63) is 18.0 Å². The maximum absolute atomic E-state index is 4.43. The normalized spacial score (nSPS) is 15.6. The molecule has 0 unspecified atom stereocenters. The van der Waals surface area contributed by atoms with Gasteiger partial charge in [-0.2, -0.15) is 4.52 Å². The molecule has 3 rings (SSSR count). The Kier molecular flexibility index (Phi) is 2.23. The molecule has 1 fully saturated rings. The zero-order valence-corrected chi connectivity index (χ0v) is 9.35. The Hall–Kier alpha value is -1.65. The number of hydrogen-bond acceptors (Lipinski definition) is 4. The molecule has 0 spiro atoms. The van der Waals surface area contributed by atoms with Crippen molar-refractivity contribution in [1.82, 2.24) is 19.8 Å². The highest BCUT2D eigenvalue weighted by Gasteiger charge is 2.20. The molecule has 5 heteroatoms. The van der Waals surface area contributed by atoms with Crippen LogP contribution in [-0.4, -0.2) is 26.4 Å². The molecule has 0 saturated heterocycles. The van der Waals surface area contributed by atoms with E-state index >= 15 is 0 Å². The highest BCUT2D eigenvalue weighted by Crippen LogP contribution is 2.31. The minimum Gasteiger partial charge on any atom is -0.369 e. The summed E-state index contributed by atoms with van der Waals surface area (Å²) < 4.78 is 1.76. The molecule has 2 heterocycles. The van der Waals surface area contributed by atoms with Gasteiger partial charge in [0.05, 0.1) is 0 Å². The van der Waals surface area contributed by atoms with Crippen molar-refractivity contribution in [2.24, 2.45) is 5.92 Å². The summed E-state index contributed by atoms with van der Waals surface area (Å²) in [5.74, 6) is 2.67. The summed E-state index contributed by atoms with van der Waals surface area (Å²) >= 11 is 0. The van der Waals surface area contributed by atoms with E-state index in [-0.39, 0.29) is 0 Å². The Morgan fingerprint density at radius 2 is 2.25 bits per heavy atom. The first-order chi connectivity index (χ1) is 7.83. The second-order valence-electron chi connectivity index (χ2n) is 4.39. The summed E-state index contributed by atoms with van der Waals surface area (Å²) in [5.41, 5.74) is 0.797. The van der Waals surface area contributed by atoms with Gasteiger partial charge in [-0.15, -0.1) is 15.3 Å². The third-order valence-electron chi connectivity index (χ3n) is 2.97. The number of nitrogens with zero attached hydrogens (tertiary/aromatic N) is 4. The van der Waals surface area contributed by atoms with Crippen LogP contribution in [0.3, 0.4) is 0 Å². The molecular weight excluding hydrogens is 202 g/mol. The van der Waals surface area contributed by atoms with Crippen molar-refractivity contribution in [1.29, 1.82) is 0 Å². The number of fused-ring (bicyclic) bond motifs is 1. The van der Waals surface area contributed by atoms with E-state index < -0.39 is 0 Å². The lowest BCUT2D eigenvalue weighted by Gasteiger charge is -2.04. The molecule has 0 aromatic carbocycles. The van der Waals surface area contributed by atoms with E-state index in [4.69, 9.17) is 0 Å². The van der Waals surface area contributed by atoms with Crippen LogP contribution in [0.15, 0.2) is 12.1 Å². The topological polar surface area (TPSA) is 55.1 Å². The van der Waals surface area contributed by atoms with Gasteiger partial charge in [-0.3, -0.25) is 0 Å².